The zero-order valence-electron chi connectivity index (χ0n) is 13.7. The van der Waals surface area contributed by atoms with E-state index in [1.807, 2.05) is 19.9 Å². The Hall–Kier alpha value is -2.64. The highest BCUT2D eigenvalue weighted by Crippen LogP contribution is 2.30. The monoisotopic (exact) mass is 319 g/mol. The Morgan fingerprint density at radius 1 is 1.30 bits per heavy atom. The first-order valence-corrected chi connectivity index (χ1v) is 7.37. The number of hydrogen-bond donors (Lipinski definition) is 1. The zero-order valence-corrected chi connectivity index (χ0v) is 13.7. The van der Waals surface area contributed by atoms with Crippen molar-refractivity contribution in [2.75, 3.05) is 14.2 Å². The third-order valence-corrected chi connectivity index (χ3v) is 3.40. The van der Waals surface area contributed by atoms with E-state index in [1.165, 1.54) is 4.80 Å². The second-order valence-electron chi connectivity index (χ2n) is 5.09. The minimum Gasteiger partial charge on any atom is -0.493 e. The Labute approximate surface area is 134 Å². The van der Waals surface area contributed by atoms with Gasteiger partial charge in [0.2, 0.25) is 11.7 Å². The van der Waals surface area contributed by atoms with Gasteiger partial charge in [-0.1, -0.05) is 6.92 Å². The molecule has 1 N–H and O–H groups in total. The van der Waals surface area contributed by atoms with Gasteiger partial charge in [0, 0.05) is 11.6 Å². The second kappa shape index (κ2) is 7.57. The average Bonchev–Trinajstić information content (AvgIpc) is 3.02. The molecule has 1 aromatic carbocycles. The molecule has 0 spiro atoms. The van der Waals surface area contributed by atoms with E-state index in [0.29, 0.717) is 17.3 Å². The van der Waals surface area contributed by atoms with Crippen LogP contribution in [-0.2, 0) is 11.3 Å². The van der Waals surface area contributed by atoms with Gasteiger partial charge in [0.15, 0.2) is 11.5 Å². The number of rotatable bonds is 7. The molecule has 1 heterocycles. The van der Waals surface area contributed by atoms with Gasteiger partial charge in [0.05, 0.1) is 14.2 Å². The number of aromatic nitrogens is 4. The van der Waals surface area contributed by atoms with Crippen LogP contribution in [0.3, 0.4) is 0 Å². The lowest BCUT2D eigenvalue weighted by Crippen LogP contribution is -2.35. The molecule has 124 valence electrons. The van der Waals surface area contributed by atoms with Gasteiger partial charge >= 0.3 is 0 Å². The van der Waals surface area contributed by atoms with Crippen molar-refractivity contribution in [2.24, 2.45) is 0 Å². The summed E-state index contributed by atoms with van der Waals surface area (Å²) >= 11 is 0. The van der Waals surface area contributed by atoms with Crippen molar-refractivity contribution in [3.63, 3.8) is 0 Å². The number of amides is 1. The number of benzene rings is 1. The molecule has 0 fully saturated rings. The molecule has 0 aliphatic heterocycles. The highest BCUT2D eigenvalue weighted by molar-refractivity contribution is 5.75. The number of ether oxygens (including phenoxy) is 2. The van der Waals surface area contributed by atoms with Crippen LogP contribution in [-0.4, -0.2) is 46.4 Å². The zero-order chi connectivity index (χ0) is 16.8. The highest BCUT2D eigenvalue weighted by atomic mass is 16.5. The van der Waals surface area contributed by atoms with Crippen LogP contribution < -0.4 is 14.8 Å². The normalized spacial score (nSPS) is 11.8. The van der Waals surface area contributed by atoms with E-state index >= 15 is 0 Å². The first kappa shape index (κ1) is 16.7. The van der Waals surface area contributed by atoms with Gasteiger partial charge in [-0.3, -0.25) is 4.79 Å². The van der Waals surface area contributed by atoms with Crippen molar-refractivity contribution in [2.45, 2.75) is 32.9 Å². The van der Waals surface area contributed by atoms with Gasteiger partial charge in [0.1, 0.15) is 6.54 Å². The summed E-state index contributed by atoms with van der Waals surface area (Å²) in [6, 6.07) is 5.46. The lowest BCUT2D eigenvalue weighted by Gasteiger charge is -2.10. The van der Waals surface area contributed by atoms with E-state index in [0.717, 1.165) is 12.0 Å². The van der Waals surface area contributed by atoms with E-state index in [-0.39, 0.29) is 18.5 Å². The van der Waals surface area contributed by atoms with Crippen molar-refractivity contribution in [3.05, 3.63) is 18.2 Å². The summed E-state index contributed by atoms with van der Waals surface area (Å²) in [6.45, 7) is 3.99. The van der Waals surface area contributed by atoms with Crippen molar-refractivity contribution in [1.82, 2.24) is 25.5 Å². The molecule has 0 radical (unpaired) electrons. The molecule has 1 atom stereocenters. The van der Waals surface area contributed by atoms with E-state index < -0.39 is 0 Å². The van der Waals surface area contributed by atoms with Crippen LogP contribution in [0.1, 0.15) is 20.3 Å². The van der Waals surface area contributed by atoms with Gasteiger partial charge in [-0.15, -0.1) is 10.2 Å². The minimum absolute atomic E-state index is 0.0324. The fourth-order valence-corrected chi connectivity index (χ4v) is 1.95. The number of hydrogen-bond acceptors (Lipinski definition) is 6. The average molecular weight is 319 g/mol. The summed E-state index contributed by atoms with van der Waals surface area (Å²) in [7, 11) is 3.13. The van der Waals surface area contributed by atoms with Gasteiger partial charge in [-0.2, -0.15) is 4.80 Å². The van der Waals surface area contributed by atoms with Crippen molar-refractivity contribution in [1.29, 1.82) is 0 Å². The van der Waals surface area contributed by atoms with Gasteiger partial charge in [-0.25, -0.2) is 0 Å². The Bertz CT molecular complexity index is 671. The maximum atomic E-state index is 11.8. The number of carbonyl (C=O) groups is 1. The van der Waals surface area contributed by atoms with Gasteiger partial charge < -0.3 is 14.8 Å². The first-order valence-electron chi connectivity index (χ1n) is 7.37. The van der Waals surface area contributed by atoms with Crippen LogP contribution in [0.2, 0.25) is 0 Å². The highest BCUT2D eigenvalue weighted by Gasteiger charge is 2.13. The van der Waals surface area contributed by atoms with Gasteiger partial charge in [0.25, 0.3) is 0 Å². The largest absolute Gasteiger partial charge is 0.493 e. The van der Waals surface area contributed by atoms with Crippen LogP contribution in [0.5, 0.6) is 11.5 Å². The van der Waals surface area contributed by atoms with Gasteiger partial charge in [-0.05, 0) is 36.8 Å². The summed E-state index contributed by atoms with van der Waals surface area (Å²) in [5, 5.41) is 15.0. The fraction of sp³-hybridized carbons (Fsp3) is 0.467. The Balaban J connectivity index is 2.11. The molecule has 8 heteroatoms. The summed E-state index contributed by atoms with van der Waals surface area (Å²) in [4.78, 5) is 13.1. The number of nitrogens with one attached hydrogen (secondary N) is 1. The summed E-state index contributed by atoms with van der Waals surface area (Å²) in [5.41, 5.74) is 0.733. The summed E-state index contributed by atoms with van der Waals surface area (Å²) in [5.74, 6) is 1.48. The lowest BCUT2D eigenvalue weighted by molar-refractivity contribution is -0.122. The Kier molecular flexibility index (Phi) is 5.51. The van der Waals surface area contributed by atoms with Crippen molar-refractivity contribution >= 4 is 5.91 Å². The molecule has 8 nitrogen and oxygen atoms in total. The van der Waals surface area contributed by atoms with Crippen LogP contribution >= 0.6 is 0 Å². The number of nitrogens with zero attached hydrogens (tertiary/aromatic N) is 4. The van der Waals surface area contributed by atoms with Crippen LogP contribution in [0, 0.1) is 0 Å². The molecule has 0 saturated carbocycles. The van der Waals surface area contributed by atoms with Crippen molar-refractivity contribution in [3.8, 4) is 22.9 Å². The van der Waals surface area contributed by atoms with E-state index in [4.69, 9.17) is 9.47 Å². The van der Waals surface area contributed by atoms with Crippen LogP contribution in [0.25, 0.3) is 11.4 Å². The fourth-order valence-electron chi connectivity index (χ4n) is 1.95. The molecular formula is C15H21N5O3. The first-order chi connectivity index (χ1) is 11.1. The number of tetrazole rings is 1. The Morgan fingerprint density at radius 2 is 2.04 bits per heavy atom. The SMILES string of the molecule is CC[C@H](C)NC(=O)Cn1nnc(-c2ccc(OC)c(OC)c2)n1. The quantitative estimate of drug-likeness (QED) is 0.826. The molecule has 0 aliphatic carbocycles. The molecule has 0 unspecified atom stereocenters. The second-order valence-corrected chi connectivity index (χ2v) is 5.09. The molecule has 23 heavy (non-hydrogen) atoms. The molecule has 1 amide bonds. The summed E-state index contributed by atoms with van der Waals surface area (Å²) in [6.07, 6.45) is 0.868. The number of carbonyl (C=O) groups excluding carboxylic acids is 1. The topological polar surface area (TPSA) is 91.2 Å². The lowest BCUT2D eigenvalue weighted by atomic mass is 10.2. The van der Waals surface area contributed by atoms with E-state index in [9.17, 15) is 4.79 Å². The predicted octanol–water partition coefficient (Wildman–Crippen LogP) is 1.27. The molecule has 2 aromatic rings. The smallest absolute Gasteiger partial charge is 0.243 e. The van der Waals surface area contributed by atoms with Crippen LogP contribution in [0.4, 0.5) is 0 Å². The molecule has 0 bridgehead atoms. The Morgan fingerprint density at radius 3 is 2.70 bits per heavy atom. The maximum Gasteiger partial charge on any atom is 0.243 e. The predicted molar refractivity (Wildman–Crippen MR) is 84.3 cm³/mol. The maximum absolute atomic E-state index is 11.8. The third kappa shape index (κ3) is 4.18. The standard InChI is InChI=1S/C15H21N5O3/c1-5-10(2)16-14(21)9-20-18-15(17-19-20)11-6-7-12(22-3)13(8-11)23-4/h6-8,10H,5,9H2,1-4H3,(H,16,21)/t10-/m0/s1. The molecule has 2 rings (SSSR count). The molecular weight excluding hydrogens is 298 g/mol. The third-order valence-electron chi connectivity index (χ3n) is 3.40. The molecule has 0 saturated heterocycles. The molecule has 0 aliphatic rings. The molecule has 1 aromatic heterocycles. The van der Waals surface area contributed by atoms with Crippen LogP contribution in [0.15, 0.2) is 18.2 Å². The number of methoxy groups -OCH3 is 2. The van der Waals surface area contributed by atoms with E-state index in [2.05, 4.69) is 20.7 Å². The summed E-state index contributed by atoms with van der Waals surface area (Å²) < 4.78 is 10.4. The van der Waals surface area contributed by atoms with E-state index in [1.54, 1.807) is 26.4 Å². The van der Waals surface area contributed by atoms with Crippen molar-refractivity contribution < 1.29 is 14.3 Å². The minimum atomic E-state index is -0.143.